The number of ether oxygens (including phenoxy) is 1. The second-order valence-electron chi connectivity index (χ2n) is 6.84. The SMILES string of the molecule is COc1ccc2c(c1)C(C(Nc1ccccc1)c1ccc(Cl)cc1)C(=O)N2C. The lowest BCUT2D eigenvalue weighted by Gasteiger charge is -2.26. The molecule has 28 heavy (non-hydrogen) atoms. The second-order valence-corrected chi connectivity index (χ2v) is 7.28. The number of anilines is 2. The number of likely N-dealkylation sites (N-methyl/N-ethyl adjacent to an activating group) is 1. The third kappa shape index (κ3) is 3.32. The molecule has 0 aliphatic carbocycles. The number of para-hydroxylation sites is 1. The van der Waals surface area contributed by atoms with E-state index < -0.39 is 0 Å². The highest BCUT2D eigenvalue weighted by Gasteiger charge is 2.41. The number of nitrogens with zero attached hydrogens (tertiary/aromatic N) is 1. The maximum atomic E-state index is 13.3. The van der Waals surface area contributed by atoms with Gasteiger partial charge in [-0.15, -0.1) is 0 Å². The minimum Gasteiger partial charge on any atom is -0.497 e. The molecule has 1 N–H and O–H groups in total. The minimum atomic E-state index is -0.378. The van der Waals surface area contributed by atoms with Crippen LogP contribution in [0.1, 0.15) is 23.1 Å². The highest BCUT2D eigenvalue weighted by Crippen LogP contribution is 2.46. The van der Waals surface area contributed by atoms with E-state index >= 15 is 0 Å². The molecular formula is C23H21ClN2O2. The Kier molecular flexibility index (Phi) is 4.97. The molecule has 3 aromatic rings. The molecule has 5 heteroatoms. The molecular weight excluding hydrogens is 372 g/mol. The average molecular weight is 393 g/mol. The van der Waals surface area contributed by atoms with E-state index in [2.05, 4.69) is 5.32 Å². The standard InChI is InChI=1S/C23H21ClN2O2/c1-26-20-13-12-18(28-2)14-19(20)21(23(26)27)22(15-8-10-16(24)11-9-15)25-17-6-4-3-5-7-17/h3-14,21-22,25H,1-2H3. The number of hydrogen-bond acceptors (Lipinski definition) is 3. The average Bonchev–Trinajstić information content (AvgIpc) is 2.97. The summed E-state index contributed by atoms with van der Waals surface area (Å²) in [7, 11) is 3.45. The summed E-state index contributed by atoms with van der Waals surface area (Å²) >= 11 is 6.10. The summed E-state index contributed by atoms with van der Waals surface area (Å²) in [5.74, 6) is 0.407. The summed E-state index contributed by atoms with van der Waals surface area (Å²) in [4.78, 5) is 15.0. The number of hydrogen-bond donors (Lipinski definition) is 1. The number of rotatable bonds is 5. The van der Waals surface area contributed by atoms with Crippen LogP contribution in [0.2, 0.25) is 5.02 Å². The molecule has 4 rings (SSSR count). The predicted octanol–water partition coefficient (Wildman–Crippen LogP) is 5.26. The first-order chi connectivity index (χ1) is 13.6. The van der Waals surface area contributed by atoms with Crippen LogP contribution in [0, 0.1) is 0 Å². The molecule has 1 aliphatic rings. The summed E-state index contributed by atoms with van der Waals surface area (Å²) in [5.41, 5.74) is 3.81. The van der Waals surface area contributed by atoms with Crippen molar-refractivity contribution in [2.75, 3.05) is 24.4 Å². The van der Waals surface area contributed by atoms with Crippen molar-refractivity contribution < 1.29 is 9.53 Å². The lowest BCUT2D eigenvalue weighted by atomic mass is 9.87. The normalized spacial score (nSPS) is 16.6. The molecule has 142 valence electrons. The van der Waals surface area contributed by atoms with Crippen LogP contribution in [0.3, 0.4) is 0 Å². The molecule has 4 nitrogen and oxygen atoms in total. The van der Waals surface area contributed by atoms with Crippen molar-refractivity contribution in [3.8, 4) is 5.75 Å². The number of methoxy groups -OCH3 is 1. The lowest BCUT2D eigenvalue weighted by Crippen LogP contribution is -2.30. The molecule has 0 radical (unpaired) electrons. The van der Waals surface area contributed by atoms with E-state index in [4.69, 9.17) is 16.3 Å². The molecule has 2 unspecified atom stereocenters. The van der Waals surface area contributed by atoms with Gasteiger partial charge in [0.1, 0.15) is 5.75 Å². The van der Waals surface area contributed by atoms with Crippen molar-refractivity contribution in [2.24, 2.45) is 0 Å². The van der Waals surface area contributed by atoms with Crippen LogP contribution >= 0.6 is 11.6 Å². The van der Waals surface area contributed by atoms with E-state index in [0.717, 1.165) is 28.3 Å². The van der Waals surface area contributed by atoms with Gasteiger partial charge in [-0.1, -0.05) is 41.9 Å². The second kappa shape index (κ2) is 7.56. The van der Waals surface area contributed by atoms with Crippen LogP contribution < -0.4 is 15.0 Å². The summed E-state index contributed by atoms with van der Waals surface area (Å²) in [6.07, 6.45) is 0. The van der Waals surface area contributed by atoms with Gasteiger partial charge in [-0.25, -0.2) is 0 Å². The van der Waals surface area contributed by atoms with Gasteiger partial charge in [-0.3, -0.25) is 4.79 Å². The fourth-order valence-electron chi connectivity index (χ4n) is 3.74. The van der Waals surface area contributed by atoms with Crippen molar-refractivity contribution in [3.05, 3.63) is 88.9 Å². The van der Waals surface area contributed by atoms with Crippen molar-refractivity contribution >= 4 is 28.9 Å². The third-order valence-corrected chi connectivity index (χ3v) is 5.44. The Balaban J connectivity index is 1.82. The molecule has 3 aromatic carbocycles. The monoisotopic (exact) mass is 392 g/mol. The van der Waals surface area contributed by atoms with E-state index in [1.54, 1.807) is 12.0 Å². The molecule has 0 bridgehead atoms. The molecule has 2 atom stereocenters. The maximum Gasteiger partial charge on any atom is 0.236 e. The summed E-state index contributed by atoms with van der Waals surface area (Å²) < 4.78 is 5.41. The Morgan fingerprint density at radius 1 is 1.04 bits per heavy atom. The maximum absolute atomic E-state index is 13.3. The van der Waals surface area contributed by atoms with E-state index in [0.29, 0.717) is 5.02 Å². The van der Waals surface area contributed by atoms with Crippen molar-refractivity contribution in [1.29, 1.82) is 0 Å². The Morgan fingerprint density at radius 2 is 1.75 bits per heavy atom. The fourth-order valence-corrected chi connectivity index (χ4v) is 3.87. The number of amides is 1. The van der Waals surface area contributed by atoms with Crippen LogP contribution in [0.5, 0.6) is 5.75 Å². The van der Waals surface area contributed by atoms with Gasteiger partial charge in [0, 0.05) is 23.4 Å². The zero-order valence-corrected chi connectivity index (χ0v) is 16.5. The number of benzene rings is 3. The first-order valence-electron chi connectivity index (χ1n) is 9.11. The minimum absolute atomic E-state index is 0.0478. The quantitative estimate of drug-likeness (QED) is 0.643. The van der Waals surface area contributed by atoms with E-state index in [1.165, 1.54) is 0 Å². The summed E-state index contributed by atoms with van der Waals surface area (Å²) in [6, 6.07) is 23.1. The zero-order valence-electron chi connectivity index (χ0n) is 15.7. The van der Waals surface area contributed by atoms with E-state index in [1.807, 2.05) is 79.8 Å². The largest absolute Gasteiger partial charge is 0.497 e. The van der Waals surface area contributed by atoms with Gasteiger partial charge < -0.3 is 15.0 Å². The summed E-state index contributed by atoms with van der Waals surface area (Å²) in [5, 5.41) is 4.22. The van der Waals surface area contributed by atoms with Crippen molar-refractivity contribution in [1.82, 2.24) is 0 Å². The van der Waals surface area contributed by atoms with Gasteiger partial charge in [0.05, 0.1) is 19.1 Å². The summed E-state index contributed by atoms with van der Waals surface area (Å²) in [6.45, 7) is 0. The van der Waals surface area contributed by atoms with Crippen LogP contribution in [0.15, 0.2) is 72.8 Å². The van der Waals surface area contributed by atoms with Gasteiger partial charge in [0.15, 0.2) is 0 Å². The van der Waals surface area contributed by atoms with Crippen LogP contribution in [0.25, 0.3) is 0 Å². The molecule has 0 aromatic heterocycles. The van der Waals surface area contributed by atoms with Gasteiger partial charge in [-0.05, 0) is 53.6 Å². The molecule has 0 fully saturated rings. The Morgan fingerprint density at radius 3 is 2.43 bits per heavy atom. The molecule has 1 amide bonds. The molecule has 1 heterocycles. The van der Waals surface area contributed by atoms with Gasteiger partial charge in [0.2, 0.25) is 5.91 Å². The van der Waals surface area contributed by atoms with Crippen LogP contribution in [0.4, 0.5) is 11.4 Å². The van der Waals surface area contributed by atoms with Crippen LogP contribution in [-0.4, -0.2) is 20.1 Å². The van der Waals surface area contributed by atoms with Gasteiger partial charge in [0.25, 0.3) is 0 Å². The van der Waals surface area contributed by atoms with Gasteiger partial charge in [-0.2, -0.15) is 0 Å². The number of carbonyl (C=O) groups excluding carboxylic acids is 1. The first kappa shape index (κ1) is 18.4. The number of halogens is 1. The highest BCUT2D eigenvalue weighted by molar-refractivity contribution is 6.30. The Bertz CT molecular complexity index is 989. The zero-order chi connectivity index (χ0) is 19.7. The number of fused-ring (bicyclic) bond motifs is 1. The predicted molar refractivity (Wildman–Crippen MR) is 113 cm³/mol. The van der Waals surface area contributed by atoms with Crippen molar-refractivity contribution in [2.45, 2.75) is 12.0 Å². The Labute approximate surface area is 169 Å². The molecule has 1 aliphatic heterocycles. The third-order valence-electron chi connectivity index (χ3n) is 5.19. The molecule has 0 spiro atoms. The number of carbonyl (C=O) groups is 1. The lowest BCUT2D eigenvalue weighted by molar-refractivity contribution is -0.119. The number of nitrogens with one attached hydrogen (secondary N) is 1. The van der Waals surface area contributed by atoms with Crippen LogP contribution in [-0.2, 0) is 4.79 Å². The van der Waals surface area contributed by atoms with E-state index in [-0.39, 0.29) is 17.9 Å². The fraction of sp³-hybridized carbons (Fsp3) is 0.174. The highest BCUT2D eigenvalue weighted by atomic mass is 35.5. The topological polar surface area (TPSA) is 41.6 Å². The first-order valence-corrected chi connectivity index (χ1v) is 9.49. The van der Waals surface area contributed by atoms with Crippen molar-refractivity contribution in [3.63, 3.8) is 0 Å². The molecule has 0 saturated carbocycles. The Hall–Kier alpha value is -2.98. The van der Waals surface area contributed by atoms with Gasteiger partial charge >= 0.3 is 0 Å². The molecule has 0 saturated heterocycles. The van der Waals surface area contributed by atoms with E-state index in [9.17, 15) is 4.79 Å². The smallest absolute Gasteiger partial charge is 0.236 e.